The highest BCUT2D eigenvalue weighted by atomic mass is 16.5. The van der Waals surface area contributed by atoms with Crippen LogP contribution < -0.4 is 10.6 Å². The van der Waals surface area contributed by atoms with Gasteiger partial charge in [0.15, 0.2) is 0 Å². The monoisotopic (exact) mass is 194 g/mol. The average Bonchev–Trinajstić information content (AvgIpc) is 2.10. The summed E-state index contributed by atoms with van der Waals surface area (Å²) in [5.41, 5.74) is 5.54. The van der Waals surface area contributed by atoms with Crippen molar-refractivity contribution in [2.75, 3.05) is 30.3 Å². The standard InChI is InChI=1S/C9H14N4O/c1-2-14-7-5-13(6-7)9-4-11-3-8(10)12-9/h3-4,7H,2,5-6H2,1H3,(H2,10,12). The summed E-state index contributed by atoms with van der Waals surface area (Å²) in [6.07, 6.45) is 3.60. The van der Waals surface area contributed by atoms with Crippen LogP contribution in [0.5, 0.6) is 0 Å². The minimum Gasteiger partial charge on any atom is -0.382 e. The number of rotatable bonds is 3. The quantitative estimate of drug-likeness (QED) is 0.749. The van der Waals surface area contributed by atoms with Crippen LogP contribution in [0.15, 0.2) is 12.4 Å². The van der Waals surface area contributed by atoms with E-state index in [-0.39, 0.29) is 0 Å². The van der Waals surface area contributed by atoms with Gasteiger partial charge in [0.25, 0.3) is 0 Å². The molecule has 1 aliphatic heterocycles. The summed E-state index contributed by atoms with van der Waals surface area (Å²) in [4.78, 5) is 10.3. The van der Waals surface area contributed by atoms with Crippen molar-refractivity contribution >= 4 is 11.6 Å². The predicted molar refractivity (Wildman–Crippen MR) is 54.1 cm³/mol. The van der Waals surface area contributed by atoms with Crippen molar-refractivity contribution < 1.29 is 4.74 Å². The molecule has 2 N–H and O–H groups in total. The fourth-order valence-electron chi connectivity index (χ4n) is 1.49. The van der Waals surface area contributed by atoms with E-state index in [2.05, 4.69) is 14.9 Å². The second kappa shape index (κ2) is 3.79. The minimum absolute atomic E-state index is 0.336. The summed E-state index contributed by atoms with van der Waals surface area (Å²) in [6.45, 7) is 4.53. The highest BCUT2D eigenvalue weighted by Gasteiger charge is 2.28. The molecule has 1 aliphatic rings. The second-order valence-corrected chi connectivity index (χ2v) is 3.28. The fraction of sp³-hybridized carbons (Fsp3) is 0.556. The molecule has 5 nitrogen and oxygen atoms in total. The number of aromatic nitrogens is 2. The summed E-state index contributed by atoms with van der Waals surface area (Å²) < 4.78 is 5.44. The molecule has 0 saturated carbocycles. The van der Waals surface area contributed by atoms with E-state index in [1.807, 2.05) is 6.92 Å². The first-order chi connectivity index (χ1) is 6.79. The van der Waals surface area contributed by atoms with E-state index in [0.717, 1.165) is 25.5 Å². The molecule has 1 saturated heterocycles. The van der Waals surface area contributed by atoms with E-state index >= 15 is 0 Å². The number of anilines is 2. The van der Waals surface area contributed by atoms with Crippen molar-refractivity contribution in [3.8, 4) is 0 Å². The summed E-state index contributed by atoms with van der Waals surface area (Å²) in [5, 5.41) is 0. The molecule has 0 aliphatic carbocycles. The largest absolute Gasteiger partial charge is 0.382 e. The number of hydrogen-bond acceptors (Lipinski definition) is 5. The molecule has 14 heavy (non-hydrogen) atoms. The smallest absolute Gasteiger partial charge is 0.149 e. The van der Waals surface area contributed by atoms with E-state index in [1.165, 1.54) is 0 Å². The van der Waals surface area contributed by atoms with Crippen molar-refractivity contribution in [1.82, 2.24) is 9.97 Å². The lowest BCUT2D eigenvalue weighted by molar-refractivity contribution is 0.0427. The molecular weight excluding hydrogens is 180 g/mol. The molecule has 2 rings (SSSR count). The van der Waals surface area contributed by atoms with E-state index in [1.54, 1.807) is 12.4 Å². The third-order valence-corrected chi connectivity index (χ3v) is 2.21. The Morgan fingerprint density at radius 3 is 3.00 bits per heavy atom. The third-order valence-electron chi connectivity index (χ3n) is 2.21. The van der Waals surface area contributed by atoms with Crippen LogP contribution in [0.3, 0.4) is 0 Å². The Labute approximate surface area is 82.9 Å². The van der Waals surface area contributed by atoms with Gasteiger partial charge in [0.1, 0.15) is 11.6 Å². The van der Waals surface area contributed by atoms with Gasteiger partial charge in [-0.05, 0) is 6.92 Å². The molecule has 1 aromatic rings. The molecule has 0 atom stereocenters. The topological polar surface area (TPSA) is 64.3 Å². The molecule has 1 fully saturated rings. The molecule has 0 bridgehead atoms. The van der Waals surface area contributed by atoms with Gasteiger partial charge in [0.05, 0.1) is 18.5 Å². The maximum Gasteiger partial charge on any atom is 0.149 e. The van der Waals surface area contributed by atoms with Crippen LogP contribution >= 0.6 is 0 Å². The Hall–Kier alpha value is -1.36. The van der Waals surface area contributed by atoms with Crippen molar-refractivity contribution in [3.05, 3.63) is 12.4 Å². The first kappa shape index (κ1) is 9.21. The van der Waals surface area contributed by atoms with Gasteiger partial charge in [0, 0.05) is 19.7 Å². The average molecular weight is 194 g/mol. The summed E-state index contributed by atoms with van der Waals surface area (Å²) in [6, 6.07) is 0. The van der Waals surface area contributed by atoms with Gasteiger partial charge >= 0.3 is 0 Å². The number of nitrogens with zero attached hydrogens (tertiary/aromatic N) is 3. The zero-order valence-electron chi connectivity index (χ0n) is 8.18. The summed E-state index contributed by atoms with van der Waals surface area (Å²) in [5.74, 6) is 1.29. The Morgan fingerprint density at radius 2 is 2.36 bits per heavy atom. The Balaban J connectivity index is 1.93. The van der Waals surface area contributed by atoms with Gasteiger partial charge in [-0.15, -0.1) is 0 Å². The summed E-state index contributed by atoms with van der Waals surface area (Å²) >= 11 is 0. The second-order valence-electron chi connectivity index (χ2n) is 3.28. The molecule has 0 radical (unpaired) electrons. The van der Waals surface area contributed by atoms with Gasteiger partial charge in [-0.25, -0.2) is 4.98 Å². The number of hydrogen-bond donors (Lipinski definition) is 1. The lowest BCUT2D eigenvalue weighted by Crippen LogP contribution is -2.52. The maximum atomic E-state index is 5.54. The maximum absolute atomic E-state index is 5.54. The predicted octanol–water partition coefficient (Wildman–Crippen LogP) is 0.284. The molecule has 0 unspecified atom stereocenters. The van der Waals surface area contributed by atoms with Crippen molar-refractivity contribution in [3.63, 3.8) is 0 Å². The first-order valence-electron chi connectivity index (χ1n) is 4.73. The zero-order valence-corrected chi connectivity index (χ0v) is 8.18. The van der Waals surface area contributed by atoms with E-state index in [4.69, 9.17) is 10.5 Å². The van der Waals surface area contributed by atoms with Gasteiger partial charge in [-0.1, -0.05) is 0 Å². The van der Waals surface area contributed by atoms with Crippen molar-refractivity contribution in [1.29, 1.82) is 0 Å². The third kappa shape index (κ3) is 1.77. The molecule has 76 valence electrons. The van der Waals surface area contributed by atoms with Crippen molar-refractivity contribution in [2.24, 2.45) is 0 Å². The fourth-order valence-corrected chi connectivity index (χ4v) is 1.49. The molecule has 0 aromatic carbocycles. The van der Waals surface area contributed by atoms with Crippen LogP contribution in [0, 0.1) is 0 Å². The normalized spacial score (nSPS) is 16.8. The summed E-state index contributed by atoms with van der Waals surface area (Å²) in [7, 11) is 0. The highest BCUT2D eigenvalue weighted by molar-refractivity contribution is 5.44. The molecule has 5 heteroatoms. The Bertz CT molecular complexity index is 311. The molecule has 2 heterocycles. The van der Waals surface area contributed by atoms with Crippen LogP contribution in [0.4, 0.5) is 11.6 Å². The Kier molecular flexibility index (Phi) is 2.49. The van der Waals surface area contributed by atoms with Crippen LogP contribution in [0.25, 0.3) is 0 Å². The Morgan fingerprint density at radius 1 is 1.57 bits per heavy atom. The van der Waals surface area contributed by atoms with Crippen LogP contribution in [0.2, 0.25) is 0 Å². The number of nitrogens with two attached hydrogens (primary N) is 1. The van der Waals surface area contributed by atoms with E-state index in [9.17, 15) is 0 Å². The SMILES string of the molecule is CCOC1CN(c2cncc(N)n2)C1. The molecular formula is C9H14N4O. The molecule has 1 aromatic heterocycles. The highest BCUT2D eigenvalue weighted by Crippen LogP contribution is 2.19. The van der Waals surface area contributed by atoms with Gasteiger partial charge in [-0.3, -0.25) is 4.98 Å². The number of nitrogen functional groups attached to an aromatic ring is 1. The number of ether oxygens (including phenoxy) is 1. The van der Waals surface area contributed by atoms with Crippen LogP contribution in [0.1, 0.15) is 6.92 Å². The van der Waals surface area contributed by atoms with Gasteiger partial charge in [0.2, 0.25) is 0 Å². The van der Waals surface area contributed by atoms with E-state index in [0.29, 0.717) is 11.9 Å². The molecule has 0 amide bonds. The first-order valence-corrected chi connectivity index (χ1v) is 4.73. The van der Waals surface area contributed by atoms with Gasteiger partial charge < -0.3 is 15.4 Å². The van der Waals surface area contributed by atoms with Crippen molar-refractivity contribution in [2.45, 2.75) is 13.0 Å². The minimum atomic E-state index is 0.336. The molecule has 0 spiro atoms. The van der Waals surface area contributed by atoms with Crippen LogP contribution in [-0.4, -0.2) is 35.8 Å². The van der Waals surface area contributed by atoms with Gasteiger partial charge in [-0.2, -0.15) is 0 Å². The van der Waals surface area contributed by atoms with E-state index < -0.39 is 0 Å². The zero-order chi connectivity index (χ0) is 9.97. The lowest BCUT2D eigenvalue weighted by atomic mass is 10.2. The van der Waals surface area contributed by atoms with Crippen LogP contribution in [-0.2, 0) is 4.74 Å². The lowest BCUT2D eigenvalue weighted by Gasteiger charge is -2.39.